The Balaban J connectivity index is 1.75. The van der Waals surface area contributed by atoms with E-state index in [4.69, 9.17) is 0 Å². The van der Waals surface area contributed by atoms with Gasteiger partial charge in [0.25, 0.3) is 0 Å². The summed E-state index contributed by atoms with van der Waals surface area (Å²) in [6.07, 6.45) is 1.13. The third kappa shape index (κ3) is 2.84. The Morgan fingerprint density at radius 1 is 1.25 bits per heavy atom. The Bertz CT molecular complexity index is 254. The smallest absolute Gasteiger partial charge is 0.317 e. The minimum atomic E-state index is -0.724. The van der Waals surface area contributed by atoms with E-state index < -0.39 is 6.17 Å². The zero-order chi connectivity index (χ0) is 11.5. The van der Waals surface area contributed by atoms with Crippen molar-refractivity contribution in [3.05, 3.63) is 0 Å². The van der Waals surface area contributed by atoms with Crippen LogP contribution in [0.5, 0.6) is 0 Å². The zero-order valence-corrected chi connectivity index (χ0v) is 9.79. The first-order valence-corrected chi connectivity index (χ1v) is 6.03. The van der Waals surface area contributed by atoms with Crippen molar-refractivity contribution in [3.8, 4) is 0 Å². The molecular weight excluding hydrogens is 209 g/mol. The monoisotopic (exact) mass is 229 g/mol. The molecule has 0 spiro atoms. The predicted octanol–water partition coefficient (Wildman–Crippen LogP) is 0.834. The van der Waals surface area contributed by atoms with E-state index >= 15 is 0 Å². The standard InChI is InChI=1S/C11H20FN3O/c1-14-4-6-15(7-5-14)11(16)13-10-3-2-9(12)8-10/h9-10H,2-8H2,1H3,(H,13,16). The molecule has 1 aliphatic carbocycles. The molecule has 2 fully saturated rings. The van der Waals surface area contributed by atoms with Gasteiger partial charge < -0.3 is 15.1 Å². The minimum Gasteiger partial charge on any atom is -0.335 e. The van der Waals surface area contributed by atoms with E-state index in [1.807, 2.05) is 4.90 Å². The maximum absolute atomic E-state index is 12.9. The number of hydrogen-bond donors (Lipinski definition) is 1. The largest absolute Gasteiger partial charge is 0.335 e. The van der Waals surface area contributed by atoms with Crippen LogP contribution in [0.25, 0.3) is 0 Å². The molecule has 1 heterocycles. The number of carbonyl (C=O) groups is 1. The lowest BCUT2D eigenvalue weighted by Crippen LogP contribution is -2.52. The van der Waals surface area contributed by atoms with Gasteiger partial charge in [-0.25, -0.2) is 9.18 Å². The second kappa shape index (κ2) is 4.99. The highest BCUT2D eigenvalue weighted by atomic mass is 19.1. The van der Waals surface area contributed by atoms with Gasteiger partial charge in [-0.05, 0) is 26.3 Å². The molecule has 0 aromatic heterocycles. The molecule has 1 N–H and O–H groups in total. The molecule has 2 aliphatic rings. The summed E-state index contributed by atoms with van der Waals surface area (Å²) in [6, 6.07) is 0.0226. The van der Waals surface area contributed by atoms with Gasteiger partial charge in [0.2, 0.25) is 0 Å². The molecule has 1 aliphatic heterocycles. The summed E-state index contributed by atoms with van der Waals surface area (Å²) in [6.45, 7) is 3.38. The second-order valence-electron chi connectivity index (χ2n) is 4.85. The molecule has 92 valence electrons. The van der Waals surface area contributed by atoms with Crippen LogP contribution >= 0.6 is 0 Å². The highest BCUT2D eigenvalue weighted by Gasteiger charge is 2.27. The highest BCUT2D eigenvalue weighted by molar-refractivity contribution is 5.74. The van der Waals surface area contributed by atoms with Crippen molar-refractivity contribution in [2.75, 3.05) is 33.2 Å². The maximum atomic E-state index is 12.9. The minimum absolute atomic E-state index is 0.0211. The lowest BCUT2D eigenvalue weighted by molar-refractivity contribution is 0.151. The van der Waals surface area contributed by atoms with Gasteiger partial charge in [-0.15, -0.1) is 0 Å². The van der Waals surface area contributed by atoms with Crippen LogP contribution in [0.15, 0.2) is 0 Å². The number of halogens is 1. The van der Waals surface area contributed by atoms with Crippen LogP contribution in [0.2, 0.25) is 0 Å². The third-order valence-corrected chi connectivity index (χ3v) is 3.49. The zero-order valence-electron chi connectivity index (χ0n) is 9.79. The first-order valence-electron chi connectivity index (χ1n) is 6.03. The normalized spacial score (nSPS) is 31.8. The molecule has 0 aromatic carbocycles. The average molecular weight is 229 g/mol. The number of nitrogens with one attached hydrogen (secondary N) is 1. The average Bonchev–Trinajstić information content (AvgIpc) is 2.65. The van der Waals surface area contributed by atoms with Crippen LogP contribution in [0.4, 0.5) is 9.18 Å². The fourth-order valence-corrected chi connectivity index (χ4v) is 2.33. The SMILES string of the molecule is CN1CCN(C(=O)NC2CCC(F)C2)CC1. The summed E-state index contributed by atoms with van der Waals surface area (Å²) < 4.78 is 12.9. The van der Waals surface area contributed by atoms with E-state index in [9.17, 15) is 9.18 Å². The Morgan fingerprint density at radius 3 is 2.50 bits per heavy atom. The maximum Gasteiger partial charge on any atom is 0.317 e. The van der Waals surface area contributed by atoms with Crippen LogP contribution in [0.3, 0.4) is 0 Å². The van der Waals surface area contributed by atoms with Gasteiger partial charge in [-0.3, -0.25) is 0 Å². The van der Waals surface area contributed by atoms with E-state index in [2.05, 4.69) is 17.3 Å². The number of carbonyl (C=O) groups excluding carboxylic acids is 1. The van der Waals surface area contributed by atoms with Gasteiger partial charge in [0.05, 0.1) is 0 Å². The summed E-state index contributed by atoms with van der Waals surface area (Å²) in [5, 5.41) is 2.92. The molecule has 0 aromatic rings. The van der Waals surface area contributed by atoms with Crippen molar-refractivity contribution in [1.29, 1.82) is 0 Å². The molecule has 1 saturated carbocycles. The lowest BCUT2D eigenvalue weighted by Gasteiger charge is -2.33. The molecule has 2 rings (SSSR count). The van der Waals surface area contributed by atoms with Crippen molar-refractivity contribution >= 4 is 6.03 Å². The molecule has 2 atom stereocenters. The predicted molar refractivity (Wildman–Crippen MR) is 60.1 cm³/mol. The van der Waals surface area contributed by atoms with Crippen LogP contribution in [0.1, 0.15) is 19.3 Å². The summed E-state index contributed by atoms with van der Waals surface area (Å²) in [5.41, 5.74) is 0. The topological polar surface area (TPSA) is 35.6 Å². The number of nitrogens with zero attached hydrogens (tertiary/aromatic N) is 2. The molecule has 4 nitrogen and oxygen atoms in total. The molecule has 5 heteroatoms. The third-order valence-electron chi connectivity index (χ3n) is 3.49. The molecule has 2 amide bonds. The summed E-state index contributed by atoms with van der Waals surface area (Å²) >= 11 is 0. The van der Waals surface area contributed by atoms with Crippen LogP contribution in [0, 0.1) is 0 Å². The van der Waals surface area contributed by atoms with Crippen molar-refractivity contribution in [2.45, 2.75) is 31.5 Å². The number of piperazine rings is 1. The molecule has 1 saturated heterocycles. The summed E-state index contributed by atoms with van der Waals surface area (Å²) in [4.78, 5) is 15.9. The molecule has 0 bridgehead atoms. The second-order valence-corrected chi connectivity index (χ2v) is 4.85. The quantitative estimate of drug-likeness (QED) is 0.723. The fraction of sp³-hybridized carbons (Fsp3) is 0.909. The van der Waals surface area contributed by atoms with Crippen molar-refractivity contribution in [3.63, 3.8) is 0 Å². The van der Waals surface area contributed by atoms with E-state index in [1.165, 1.54) is 0 Å². The van der Waals surface area contributed by atoms with Crippen LogP contribution in [-0.4, -0.2) is 61.3 Å². The lowest BCUT2D eigenvalue weighted by atomic mass is 10.2. The van der Waals surface area contributed by atoms with Gasteiger partial charge in [0.15, 0.2) is 0 Å². The number of urea groups is 1. The summed E-state index contributed by atoms with van der Waals surface area (Å²) in [7, 11) is 2.06. The highest BCUT2D eigenvalue weighted by Crippen LogP contribution is 2.21. The number of amides is 2. The van der Waals surface area contributed by atoms with E-state index in [0.717, 1.165) is 32.6 Å². The molecular formula is C11H20FN3O. The van der Waals surface area contributed by atoms with E-state index in [0.29, 0.717) is 12.8 Å². The van der Waals surface area contributed by atoms with Crippen molar-refractivity contribution < 1.29 is 9.18 Å². The van der Waals surface area contributed by atoms with Gasteiger partial charge in [0.1, 0.15) is 6.17 Å². The Morgan fingerprint density at radius 2 is 1.94 bits per heavy atom. The Kier molecular flexibility index (Phi) is 3.63. The molecule has 2 unspecified atom stereocenters. The van der Waals surface area contributed by atoms with Crippen LogP contribution < -0.4 is 5.32 Å². The first kappa shape index (κ1) is 11.6. The van der Waals surface area contributed by atoms with Crippen molar-refractivity contribution in [2.24, 2.45) is 0 Å². The van der Waals surface area contributed by atoms with Gasteiger partial charge >= 0.3 is 6.03 Å². The van der Waals surface area contributed by atoms with Gasteiger partial charge in [0, 0.05) is 32.2 Å². The number of hydrogen-bond acceptors (Lipinski definition) is 2. The van der Waals surface area contributed by atoms with Gasteiger partial charge in [-0.1, -0.05) is 0 Å². The first-order chi connectivity index (χ1) is 7.65. The molecule has 16 heavy (non-hydrogen) atoms. The number of likely N-dealkylation sites (N-methyl/N-ethyl adjacent to an activating group) is 1. The Labute approximate surface area is 95.8 Å². The molecule has 0 radical (unpaired) electrons. The van der Waals surface area contributed by atoms with Gasteiger partial charge in [-0.2, -0.15) is 0 Å². The summed E-state index contributed by atoms with van der Waals surface area (Å²) in [5.74, 6) is 0. The van der Waals surface area contributed by atoms with Crippen molar-refractivity contribution in [1.82, 2.24) is 15.1 Å². The van der Waals surface area contributed by atoms with Crippen LogP contribution in [-0.2, 0) is 0 Å². The Hall–Kier alpha value is -0.840. The number of alkyl halides is 1. The number of rotatable bonds is 1. The van der Waals surface area contributed by atoms with E-state index in [-0.39, 0.29) is 12.1 Å². The van der Waals surface area contributed by atoms with E-state index in [1.54, 1.807) is 0 Å². The fourth-order valence-electron chi connectivity index (χ4n) is 2.33.